The quantitative estimate of drug-likeness (QED) is 0.344. The molecule has 0 unspecified atom stereocenters. The molecule has 0 saturated carbocycles. The second-order valence-electron chi connectivity index (χ2n) is 4.04. The van der Waals surface area contributed by atoms with Gasteiger partial charge < -0.3 is 15.3 Å². The second kappa shape index (κ2) is 5.76. The van der Waals surface area contributed by atoms with Crippen molar-refractivity contribution < 1.29 is 20.2 Å². The highest BCUT2D eigenvalue weighted by Gasteiger charge is 2.13. The third kappa shape index (κ3) is 2.75. The maximum Gasteiger partial charge on any atom is 0.271 e. The molecule has 3 N–H and O–H groups in total. The van der Waals surface area contributed by atoms with Crippen molar-refractivity contribution in [2.45, 2.75) is 0 Å². The Morgan fingerprint density at radius 1 is 1.05 bits per heavy atom. The van der Waals surface area contributed by atoms with Crippen molar-refractivity contribution in [3.05, 3.63) is 51.9 Å². The molecule has 0 amide bonds. The van der Waals surface area contributed by atoms with Gasteiger partial charge in [-0.1, -0.05) is 0 Å². The van der Waals surface area contributed by atoms with Crippen LogP contribution in [0.5, 0.6) is 17.2 Å². The first-order valence-electron chi connectivity index (χ1n) is 5.75. The largest absolute Gasteiger partial charge is 0.519 e. The van der Waals surface area contributed by atoms with E-state index in [4.69, 9.17) is 6.57 Å². The van der Waals surface area contributed by atoms with E-state index in [0.29, 0.717) is 0 Å². The van der Waals surface area contributed by atoms with E-state index < -0.39 is 16.4 Å². The Morgan fingerprint density at radius 2 is 1.68 bits per heavy atom. The predicted octanol–water partition coefficient (Wildman–Crippen LogP) is 3.68. The van der Waals surface area contributed by atoms with E-state index >= 15 is 0 Å². The highest BCUT2D eigenvalue weighted by molar-refractivity contribution is 5.74. The summed E-state index contributed by atoms with van der Waals surface area (Å²) in [6.07, 6.45) is 0. The number of phenols is 3. The van der Waals surface area contributed by atoms with Gasteiger partial charge in [0.2, 0.25) is 0 Å². The van der Waals surface area contributed by atoms with Crippen molar-refractivity contribution in [1.29, 1.82) is 0 Å². The third-order valence-electron chi connectivity index (χ3n) is 2.66. The summed E-state index contributed by atoms with van der Waals surface area (Å²) in [4.78, 5) is 13.0. The van der Waals surface area contributed by atoms with Crippen molar-refractivity contribution in [1.82, 2.24) is 0 Å². The van der Waals surface area contributed by atoms with E-state index in [2.05, 4.69) is 15.1 Å². The van der Waals surface area contributed by atoms with E-state index in [0.717, 1.165) is 24.3 Å². The van der Waals surface area contributed by atoms with Crippen LogP contribution >= 0.6 is 0 Å². The topological polar surface area (TPSA) is 133 Å². The van der Waals surface area contributed by atoms with Gasteiger partial charge >= 0.3 is 0 Å². The van der Waals surface area contributed by atoms with Crippen LogP contribution in [0, 0.1) is 16.7 Å². The van der Waals surface area contributed by atoms with Crippen LogP contribution in [-0.2, 0) is 0 Å². The number of nitro groups is 1. The summed E-state index contributed by atoms with van der Waals surface area (Å²) in [5, 5.41) is 46.6. The average molecular weight is 300 g/mol. The maximum absolute atomic E-state index is 10.7. The summed E-state index contributed by atoms with van der Waals surface area (Å²) < 4.78 is 0. The van der Waals surface area contributed by atoms with Crippen LogP contribution < -0.4 is 0 Å². The monoisotopic (exact) mass is 300 g/mol. The molecular formula is C13H8N4O5. The normalized spacial score (nSPS) is 10.5. The first kappa shape index (κ1) is 14.7. The Hall–Kier alpha value is -3.67. The van der Waals surface area contributed by atoms with Crippen molar-refractivity contribution in [3.8, 4) is 17.2 Å². The van der Waals surface area contributed by atoms with Gasteiger partial charge in [0.1, 0.15) is 22.9 Å². The zero-order valence-electron chi connectivity index (χ0n) is 10.8. The average Bonchev–Trinajstić information content (AvgIpc) is 2.48. The van der Waals surface area contributed by atoms with Crippen LogP contribution in [0.25, 0.3) is 4.85 Å². The first-order chi connectivity index (χ1) is 10.4. The fourth-order valence-corrected chi connectivity index (χ4v) is 1.56. The maximum atomic E-state index is 10.7. The molecule has 9 heteroatoms. The summed E-state index contributed by atoms with van der Waals surface area (Å²) in [5.74, 6) is -1.33. The Kier molecular flexibility index (Phi) is 3.86. The van der Waals surface area contributed by atoms with Crippen LogP contribution in [0.1, 0.15) is 0 Å². The molecular weight excluding hydrogens is 292 g/mol. The Morgan fingerprint density at radius 3 is 2.32 bits per heavy atom. The van der Waals surface area contributed by atoms with Gasteiger partial charge in [-0.25, -0.2) is 4.85 Å². The molecule has 0 aliphatic carbocycles. The lowest BCUT2D eigenvalue weighted by Crippen LogP contribution is -1.86. The van der Waals surface area contributed by atoms with Gasteiger partial charge in [0.15, 0.2) is 5.75 Å². The first-order valence-corrected chi connectivity index (χ1v) is 5.75. The van der Waals surface area contributed by atoms with Gasteiger partial charge in [-0.3, -0.25) is 10.1 Å². The number of rotatable bonds is 3. The molecule has 2 aromatic rings. The summed E-state index contributed by atoms with van der Waals surface area (Å²) in [5.41, 5.74) is -0.982. The number of benzene rings is 2. The van der Waals surface area contributed by atoms with Crippen LogP contribution in [0.3, 0.4) is 0 Å². The van der Waals surface area contributed by atoms with E-state index in [1.165, 1.54) is 6.07 Å². The Balaban J connectivity index is 2.44. The molecule has 0 aliphatic rings. The molecule has 0 heterocycles. The lowest BCUT2D eigenvalue weighted by molar-refractivity contribution is -0.384. The number of nitrogens with zero attached hydrogens (tertiary/aromatic N) is 4. The lowest BCUT2D eigenvalue weighted by atomic mass is 10.2. The highest BCUT2D eigenvalue weighted by atomic mass is 16.6. The number of azo groups is 1. The van der Waals surface area contributed by atoms with E-state index in [9.17, 15) is 25.4 Å². The second-order valence-corrected chi connectivity index (χ2v) is 4.04. The highest BCUT2D eigenvalue weighted by Crippen LogP contribution is 2.43. The van der Waals surface area contributed by atoms with Gasteiger partial charge in [-0.2, -0.15) is 0 Å². The number of nitro benzene ring substituents is 1. The molecule has 0 radical (unpaired) electrons. The van der Waals surface area contributed by atoms with Crippen LogP contribution in [0.4, 0.5) is 22.7 Å². The van der Waals surface area contributed by atoms with Crippen molar-refractivity contribution in [2.24, 2.45) is 10.2 Å². The van der Waals surface area contributed by atoms with Crippen molar-refractivity contribution >= 4 is 22.7 Å². The van der Waals surface area contributed by atoms with Gasteiger partial charge in [-0.15, -0.1) is 10.2 Å². The number of hydrogen-bond donors (Lipinski definition) is 3. The summed E-state index contributed by atoms with van der Waals surface area (Å²) >= 11 is 0. The zero-order valence-corrected chi connectivity index (χ0v) is 10.8. The molecule has 0 aliphatic heterocycles. The number of hydrogen-bond acceptors (Lipinski definition) is 7. The van der Waals surface area contributed by atoms with Gasteiger partial charge in [0.05, 0.1) is 11.5 Å². The molecule has 0 bridgehead atoms. The number of non-ortho nitro benzene ring substituents is 1. The van der Waals surface area contributed by atoms with Gasteiger partial charge in [-0.05, 0) is 18.2 Å². The van der Waals surface area contributed by atoms with Crippen molar-refractivity contribution in [3.63, 3.8) is 0 Å². The summed E-state index contributed by atoms with van der Waals surface area (Å²) in [6, 6.07) is 5.55. The fraction of sp³-hybridized carbons (Fsp3) is 0. The fourth-order valence-electron chi connectivity index (χ4n) is 1.56. The minimum Gasteiger partial charge on any atom is -0.519 e. The minimum absolute atomic E-state index is 0.130. The SMILES string of the molecule is [C-]#[N+]c1c(O)ccc(N=Nc2cc([N+](=O)[O-])ccc2O)c1O. The van der Waals surface area contributed by atoms with Crippen LogP contribution in [-0.4, -0.2) is 20.2 Å². The molecule has 2 aromatic carbocycles. The van der Waals surface area contributed by atoms with Crippen LogP contribution in [0.15, 0.2) is 40.6 Å². The van der Waals surface area contributed by atoms with Crippen molar-refractivity contribution in [2.75, 3.05) is 0 Å². The number of aromatic hydroxyl groups is 3. The smallest absolute Gasteiger partial charge is 0.271 e. The molecule has 2 rings (SSSR count). The summed E-state index contributed by atoms with van der Waals surface area (Å²) in [6.45, 7) is 6.85. The molecule has 0 saturated heterocycles. The predicted molar refractivity (Wildman–Crippen MR) is 75.0 cm³/mol. The molecule has 110 valence electrons. The molecule has 0 atom stereocenters. The number of phenolic OH excluding ortho intramolecular Hbond substituents is 3. The standard InChI is InChI=1S/C13H8N4O5/c1-14-12-11(19)5-3-8(13(12)20)15-16-9-6-7(17(21)22)2-4-10(9)18/h2-6,18-20H. The Bertz CT molecular complexity index is 826. The van der Waals surface area contributed by atoms with E-state index in [1.807, 2.05) is 0 Å². The molecule has 22 heavy (non-hydrogen) atoms. The van der Waals surface area contributed by atoms with E-state index in [-0.39, 0.29) is 28.5 Å². The molecule has 9 nitrogen and oxygen atoms in total. The van der Waals surface area contributed by atoms with Gasteiger partial charge in [0, 0.05) is 12.1 Å². The minimum atomic E-state index is -0.659. The zero-order chi connectivity index (χ0) is 16.3. The Labute approximate surface area is 123 Å². The molecule has 0 spiro atoms. The molecule has 0 fully saturated rings. The van der Waals surface area contributed by atoms with Crippen LogP contribution in [0.2, 0.25) is 0 Å². The third-order valence-corrected chi connectivity index (χ3v) is 2.66. The molecule has 0 aromatic heterocycles. The van der Waals surface area contributed by atoms with E-state index in [1.54, 1.807) is 0 Å². The van der Waals surface area contributed by atoms with Gasteiger partial charge in [0.25, 0.3) is 11.4 Å². The summed E-state index contributed by atoms with van der Waals surface area (Å²) in [7, 11) is 0. The lowest BCUT2D eigenvalue weighted by Gasteiger charge is -2.02.